The fraction of sp³-hybridized carbons (Fsp3) is 0.200. The molecule has 28 heavy (non-hydrogen) atoms. The molecule has 0 saturated carbocycles. The molecule has 4 rings (SSSR count). The van der Waals surface area contributed by atoms with E-state index in [9.17, 15) is 18.4 Å². The first kappa shape index (κ1) is 18.6. The van der Waals surface area contributed by atoms with E-state index in [1.54, 1.807) is 17.0 Å². The first-order chi connectivity index (χ1) is 13.4. The van der Waals surface area contributed by atoms with Crippen molar-refractivity contribution in [2.45, 2.75) is 0 Å². The quantitative estimate of drug-likeness (QED) is 0.593. The molecule has 0 spiro atoms. The minimum Gasteiger partial charge on any atom is -0.451 e. The molecule has 2 aromatic carbocycles. The zero-order chi connectivity index (χ0) is 19.8. The molecule has 1 fully saturated rings. The average molecular weight is 449 g/mol. The van der Waals surface area contributed by atoms with Crippen LogP contribution in [0.2, 0.25) is 0 Å². The topological polar surface area (TPSA) is 53.8 Å². The van der Waals surface area contributed by atoms with Crippen molar-refractivity contribution >= 4 is 38.7 Å². The van der Waals surface area contributed by atoms with Crippen LogP contribution in [0.5, 0.6) is 0 Å². The molecule has 2 heterocycles. The van der Waals surface area contributed by atoms with Gasteiger partial charge < -0.3 is 14.2 Å². The summed E-state index contributed by atoms with van der Waals surface area (Å²) in [5.41, 5.74) is 0.709. The Hall–Kier alpha value is -2.74. The van der Waals surface area contributed by atoms with Gasteiger partial charge in [-0.3, -0.25) is 9.59 Å². The first-order valence-electron chi connectivity index (χ1n) is 8.65. The van der Waals surface area contributed by atoms with E-state index in [0.717, 1.165) is 22.0 Å². The third-order valence-electron chi connectivity index (χ3n) is 4.71. The molecule has 1 aliphatic heterocycles. The van der Waals surface area contributed by atoms with Crippen LogP contribution in [-0.4, -0.2) is 47.8 Å². The predicted octanol–water partition coefficient (Wildman–Crippen LogP) is 4.07. The van der Waals surface area contributed by atoms with Crippen molar-refractivity contribution in [3.63, 3.8) is 0 Å². The number of halogens is 3. The van der Waals surface area contributed by atoms with Gasteiger partial charge in [-0.15, -0.1) is 0 Å². The molecule has 0 atom stereocenters. The Morgan fingerprint density at radius 1 is 0.857 bits per heavy atom. The largest absolute Gasteiger partial charge is 0.451 e. The third kappa shape index (κ3) is 3.52. The lowest BCUT2D eigenvalue weighted by Gasteiger charge is -2.34. The highest BCUT2D eigenvalue weighted by molar-refractivity contribution is 9.10. The Balaban J connectivity index is 1.43. The van der Waals surface area contributed by atoms with Crippen LogP contribution in [0.4, 0.5) is 8.78 Å². The lowest BCUT2D eigenvalue weighted by molar-refractivity contribution is 0.0519. The molecule has 144 valence electrons. The second-order valence-corrected chi connectivity index (χ2v) is 7.42. The number of rotatable bonds is 2. The zero-order valence-electron chi connectivity index (χ0n) is 14.6. The van der Waals surface area contributed by atoms with Crippen LogP contribution in [0.25, 0.3) is 11.0 Å². The number of carbonyl (C=O) groups excluding carboxylic acids is 2. The number of nitrogens with zero attached hydrogens (tertiary/aromatic N) is 2. The molecule has 3 aromatic rings. The summed E-state index contributed by atoms with van der Waals surface area (Å²) < 4.78 is 32.9. The van der Waals surface area contributed by atoms with Crippen LogP contribution in [0, 0.1) is 11.6 Å². The molecule has 0 radical (unpaired) electrons. The molecule has 0 bridgehead atoms. The van der Waals surface area contributed by atoms with Crippen molar-refractivity contribution in [3.05, 3.63) is 69.9 Å². The van der Waals surface area contributed by atoms with Gasteiger partial charge in [0.25, 0.3) is 11.8 Å². The molecule has 2 amide bonds. The summed E-state index contributed by atoms with van der Waals surface area (Å²) in [6.07, 6.45) is 0. The standard InChI is InChI=1S/C20H15BrF2N2O3/c21-14-2-4-17-13(9-14)11-18(28-17)20(27)25-7-5-24(6-8-25)19(26)12-1-3-15(22)16(23)10-12/h1-4,9-11H,5-8H2. The zero-order valence-corrected chi connectivity index (χ0v) is 16.2. The number of benzene rings is 2. The summed E-state index contributed by atoms with van der Waals surface area (Å²) in [5.74, 6) is -2.44. The maximum atomic E-state index is 13.4. The van der Waals surface area contributed by atoms with E-state index in [1.807, 2.05) is 12.1 Å². The van der Waals surface area contributed by atoms with Crippen molar-refractivity contribution in [1.29, 1.82) is 0 Å². The van der Waals surface area contributed by atoms with E-state index in [0.29, 0.717) is 31.8 Å². The minimum atomic E-state index is -1.06. The maximum Gasteiger partial charge on any atom is 0.289 e. The van der Waals surface area contributed by atoms with Gasteiger partial charge in [-0.2, -0.15) is 0 Å². The molecule has 1 saturated heterocycles. The highest BCUT2D eigenvalue weighted by Crippen LogP contribution is 2.24. The van der Waals surface area contributed by atoms with Gasteiger partial charge in [0.2, 0.25) is 0 Å². The van der Waals surface area contributed by atoms with Crippen molar-refractivity contribution < 1.29 is 22.8 Å². The number of amides is 2. The van der Waals surface area contributed by atoms with Gasteiger partial charge in [-0.1, -0.05) is 15.9 Å². The van der Waals surface area contributed by atoms with E-state index >= 15 is 0 Å². The van der Waals surface area contributed by atoms with Gasteiger partial charge >= 0.3 is 0 Å². The Morgan fingerprint density at radius 2 is 1.54 bits per heavy atom. The fourth-order valence-corrected chi connectivity index (χ4v) is 3.58. The van der Waals surface area contributed by atoms with E-state index in [1.165, 1.54) is 11.0 Å². The van der Waals surface area contributed by atoms with Crippen LogP contribution in [0.1, 0.15) is 20.9 Å². The van der Waals surface area contributed by atoms with Gasteiger partial charge in [0, 0.05) is 41.6 Å². The highest BCUT2D eigenvalue weighted by atomic mass is 79.9. The van der Waals surface area contributed by atoms with Crippen LogP contribution >= 0.6 is 15.9 Å². The lowest BCUT2D eigenvalue weighted by atomic mass is 10.1. The number of piperazine rings is 1. The SMILES string of the molecule is O=C(c1ccc(F)c(F)c1)N1CCN(C(=O)c2cc3cc(Br)ccc3o2)CC1. The molecule has 0 unspecified atom stereocenters. The van der Waals surface area contributed by atoms with Crippen molar-refractivity contribution in [3.8, 4) is 0 Å². The van der Waals surface area contributed by atoms with Crippen LogP contribution < -0.4 is 0 Å². The van der Waals surface area contributed by atoms with Gasteiger partial charge in [0.15, 0.2) is 17.4 Å². The first-order valence-corrected chi connectivity index (χ1v) is 9.44. The minimum absolute atomic E-state index is 0.0848. The molecular weight excluding hydrogens is 434 g/mol. The third-order valence-corrected chi connectivity index (χ3v) is 5.20. The molecule has 0 aliphatic carbocycles. The van der Waals surface area contributed by atoms with E-state index in [-0.39, 0.29) is 23.1 Å². The normalized spacial score (nSPS) is 14.5. The summed E-state index contributed by atoms with van der Waals surface area (Å²) in [5, 5.41) is 0.824. The van der Waals surface area contributed by atoms with E-state index in [2.05, 4.69) is 15.9 Å². The fourth-order valence-electron chi connectivity index (χ4n) is 3.20. The molecule has 8 heteroatoms. The Bertz CT molecular complexity index is 1070. The maximum absolute atomic E-state index is 13.4. The monoisotopic (exact) mass is 448 g/mol. The molecule has 1 aliphatic rings. The van der Waals surface area contributed by atoms with Gasteiger partial charge in [-0.05, 0) is 42.5 Å². The number of hydrogen-bond acceptors (Lipinski definition) is 3. The Labute approximate surface area is 167 Å². The number of hydrogen-bond donors (Lipinski definition) is 0. The number of fused-ring (bicyclic) bond motifs is 1. The summed E-state index contributed by atoms with van der Waals surface area (Å²) in [4.78, 5) is 28.3. The van der Waals surface area contributed by atoms with E-state index in [4.69, 9.17) is 4.42 Å². The van der Waals surface area contributed by atoms with Crippen LogP contribution in [-0.2, 0) is 0 Å². The van der Waals surface area contributed by atoms with Gasteiger partial charge in [0.1, 0.15) is 5.58 Å². The average Bonchev–Trinajstić information content (AvgIpc) is 3.12. The Morgan fingerprint density at radius 3 is 2.21 bits per heavy atom. The predicted molar refractivity (Wildman–Crippen MR) is 102 cm³/mol. The molecule has 5 nitrogen and oxygen atoms in total. The summed E-state index contributed by atoms with van der Waals surface area (Å²) >= 11 is 3.38. The second-order valence-electron chi connectivity index (χ2n) is 6.51. The van der Waals surface area contributed by atoms with Crippen molar-refractivity contribution in [1.82, 2.24) is 9.80 Å². The van der Waals surface area contributed by atoms with Crippen molar-refractivity contribution in [2.75, 3.05) is 26.2 Å². The van der Waals surface area contributed by atoms with Gasteiger partial charge in [0.05, 0.1) is 0 Å². The summed E-state index contributed by atoms with van der Waals surface area (Å²) in [6.45, 7) is 1.26. The molecular formula is C20H15BrF2N2O3. The van der Waals surface area contributed by atoms with Crippen LogP contribution in [0.3, 0.4) is 0 Å². The van der Waals surface area contributed by atoms with Crippen molar-refractivity contribution in [2.24, 2.45) is 0 Å². The smallest absolute Gasteiger partial charge is 0.289 e. The highest BCUT2D eigenvalue weighted by Gasteiger charge is 2.27. The summed E-state index contributed by atoms with van der Waals surface area (Å²) in [7, 11) is 0. The second kappa shape index (κ2) is 7.35. The molecule has 0 N–H and O–H groups in total. The molecule has 1 aromatic heterocycles. The van der Waals surface area contributed by atoms with Gasteiger partial charge in [-0.25, -0.2) is 8.78 Å². The number of carbonyl (C=O) groups is 2. The van der Waals surface area contributed by atoms with Crippen LogP contribution in [0.15, 0.2) is 51.4 Å². The summed E-state index contributed by atoms with van der Waals surface area (Å²) in [6, 6.07) is 10.3. The Kier molecular flexibility index (Phi) is 4.89. The number of furan rings is 1. The van der Waals surface area contributed by atoms with E-state index < -0.39 is 11.6 Å². The lowest BCUT2D eigenvalue weighted by Crippen LogP contribution is -2.50.